The molecule has 0 N–H and O–H groups in total. The van der Waals surface area contributed by atoms with Crippen LogP contribution in [0.5, 0.6) is 0 Å². The van der Waals surface area contributed by atoms with Crippen LogP contribution in [0.2, 0.25) is 0 Å². The predicted molar refractivity (Wildman–Crippen MR) is 91.5 cm³/mol. The Hall–Kier alpha value is -0.530. The number of hydrogen-bond acceptors (Lipinski definition) is 2. The maximum absolute atomic E-state index is 11.5. The molecular weight excluding hydrogens is 260 g/mol. The monoisotopic (exact) mass is 298 g/mol. The first-order chi connectivity index (χ1) is 10.2. The Labute approximate surface area is 133 Å². The molecule has 0 aliphatic carbocycles. The molecule has 0 saturated heterocycles. The third-order valence-electron chi connectivity index (χ3n) is 4.10. The van der Waals surface area contributed by atoms with Crippen LogP contribution in [-0.2, 0) is 9.53 Å². The molecular formula is C19H38O2. The van der Waals surface area contributed by atoms with Crippen molar-refractivity contribution in [2.24, 2.45) is 0 Å². The minimum Gasteiger partial charge on any atom is -0.462 e. The van der Waals surface area contributed by atoms with E-state index in [0.717, 1.165) is 12.8 Å². The van der Waals surface area contributed by atoms with Crippen molar-refractivity contribution in [3.05, 3.63) is 0 Å². The maximum atomic E-state index is 11.5. The molecule has 0 aromatic carbocycles. The van der Waals surface area contributed by atoms with Crippen LogP contribution in [0.3, 0.4) is 0 Å². The van der Waals surface area contributed by atoms with Gasteiger partial charge < -0.3 is 4.74 Å². The number of carbonyl (C=O) groups is 1. The molecule has 0 aliphatic heterocycles. The zero-order valence-electron chi connectivity index (χ0n) is 14.8. The molecule has 21 heavy (non-hydrogen) atoms. The van der Waals surface area contributed by atoms with Gasteiger partial charge >= 0.3 is 5.97 Å². The lowest BCUT2D eigenvalue weighted by Gasteiger charge is -2.17. The zero-order valence-corrected chi connectivity index (χ0v) is 14.8. The molecule has 0 spiro atoms. The van der Waals surface area contributed by atoms with E-state index in [-0.39, 0.29) is 12.1 Å². The minimum atomic E-state index is -0.0292. The molecule has 0 amide bonds. The van der Waals surface area contributed by atoms with Crippen LogP contribution in [0.4, 0.5) is 0 Å². The smallest absolute Gasteiger partial charge is 0.305 e. The standard InChI is InChI=1S/C19H38O2/c1-4-7-9-11-12-13-15-17-18(21-19(20)6-3)16-14-10-8-5-2/h18H,4-17H2,1-3H3. The van der Waals surface area contributed by atoms with Gasteiger partial charge in [0.15, 0.2) is 0 Å². The molecule has 2 nitrogen and oxygen atoms in total. The topological polar surface area (TPSA) is 26.3 Å². The summed E-state index contributed by atoms with van der Waals surface area (Å²) in [5.74, 6) is -0.0292. The summed E-state index contributed by atoms with van der Waals surface area (Å²) in [5.41, 5.74) is 0. The van der Waals surface area contributed by atoms with Gasteiger partial charge in [-0.1, -0.05) is 78.6 Å². The van der Waals surface area contributed by atoms with Crippen molar-refractivity contribution in [1.29, 1.82) is 0 Å². The predicted octanol–water partition coefficient (Wildman–Crippen LogP) is 6.42. The first kappa shape index (κ1) is 20.5. The van der Waals surface area contributed by atoms with E-state index in [9.17, 15) is 4.79 Å². The second kappa shape index (κ2) is 15.9. The maximum Gasteiger partial charge on any atom is 0.305 e. The van der Waals surface area contributed by atoms with Crippen molar-refractivity contribution in [2.75, 3.05) is 0 Å². The van der Waals surface area contributed by atoms with E-state index in [1.165, 1.54) is 70.6 Å². The summed E-state index contributed by atoms with van der Waals surface area (Å²) in [6.45, 7) is 6.36. The average Bonchev–Trinajstić information content (AvgIpc) is 2.50. The van der Waals surface area contributed by atoms with Gasteiger partial charge in [-0.3, -0.25) is 4.79 Å². The average molecular weight is 299 g/mol. The number of esters is 1. The lowest BCUT2D eigenvalue weighted by molar-refractivity contribution is -0.149. The van der Waals surface area contributed by atoms with E-state index < -0.39 is 0 Å². The molecule has 2 heteroatoms. The molecule has 0 heterocycles. The fourth-order valence-corrected chi connectivity index (χ4v) is 2.66. The SMILES string of the molecule is CCCCCCCCCC(CCCCCC)OC(=O)CC. The number of ether oxygens (including phenoxy) is 1. The van der Waals surface area contributed by atoms with Crippen LogP contribution in [0.1, 0.15) is 111 Å². The van der Waals surface area contributed by atoms with Crippen molar-refractivity contribution in [3.63, 3.8) is 0 Å². The number of unbranched alkanes of at least 4 members (excludes halogenated alkanes) is 9. The highest BCUT2D eigenvalue weighted by Gasteiger charge is 2.12. The highest BCUT2D eigenvalue weighted by atomic mass is 16.5. The third kappa shape index (κ3) is 14.2. The molecule has 0 saturated carbocycles. The Kier molecular flexibility index (Phi) is 15.5. The lowest BCUT2D eigenvalue weighted by Crippen LogP contribution is -2.17. The van der Waals surface area contributed by atoms with Crippen LogP contribution in [0, 0.1) is 0 Å². The normalized spacial score (nSPS) is 12.3. The van der Waals surface area contributed by atoms with Gasteiger partial charge in [0.2, 0.25) is 0 Å². The van der Waals surface area contributed by atoms with Gasteiger partial charge in [0.1, 0.15) is 6.10 Å². The summed E-state index contributed by atoms with van der Waals surface area (Å²) >= 11 is 0. The zero-order chi connectivity index (χ0) is 15.8. The van der Waals surface area contributed by atoms with Crippen LogP contribution in [0.15, 0.2) is 0 Å². The number of hydrogen-bond donors (Lipinski definition) is 0. The van der Waals surface area contributed by atoms with E-state index in [1.807, 2.05) is 6.92 Å². The Bertz CT molecular complexity index is 226. The Morgan fingerprint density at radius 3 is 1.62 bits per heavy atom. The van der Waals surface area contributed by atoms with Crippen molar-refractivity contribution in [1.82, 2.24) is 0 Å². The summed E-state index contributed by atoms with van der Waals surface area (Å²) in [5, 5.41) is 0. The van der Waals surface area contributed by atoms with Crippen LogP contribution < -0.4 is 0 Å². The first-order valence-electron chi connectivity index (χ1n) is 9.44. The molecule has 0 aromatic heterocycles. The van der Waals surface area contributed by atoms with E-state index >= 15 is 0 Å². The quantitative estimate of drug-likeness (QED) is 0.257. The summed E-state index contributed by atoms with van der Waals surface area (Å²) in [6.07, 6.45) is 17.1. The van der Waals surface area contributed by atoms with Crippen LogP contribution in [0.25, 0.3) is 0 Å². The molecule has 0 aliphatic rings. The van der Waals surface area contributed by atoms with Crippen molar-refractivity contribution < 1.29 is 9.53 Å². The lowest BCUT2D eigenvalue weighted by atomic mass is 10.0. The van der Waals surface area contributed by atoms with E-state index in [0.29, 0.717) is 6.42 Å². The molecule has 0 fully saturated rings. The van der Waals surface area contributed by atoms with Crippen molar-refractivity contribution >= 4 is 5.97 Å². The van der Waals surface area contributed by atoms with Crippen LogP contribution >= 0.6 is 0 Å². The van der Waals surface area contributed by atoms with Crippen molar-refractivity contribution in [2.45, 2.75) is 117 Å². The molecule has 1 unspecified atom stereocenters. The van der Waals surface area contributed by atoms with Gasteiger partial charge in [0.05, 0.1) is 0 Å². The van der Waals surface area contributed by atoms with E-state index in [1.54, 1.807) is 0 Å². The van der Waals surface area contributed by atoms with Gasteiger partial charge in [-0.2, -0.15) is 0 Å². The van der Waals surface area contributed by atoms with E-state index in [2.05, 4.69) is 13.8 Å². The molecule has 126 valence electrons. The highest BCUT2D eigenvalue weighted by molar-refractivity contribution is 5.69. The molecule has 1 atom stereocenters. The fraction of sp³-hybridized carbons (Fsp3) is 0.947. The Morgan fingerprint density at radius 1 is 0.714 bits per heavy atom. The van der Waals surface area contributed by atoms with Gasteiger partial charge in [-0.15, -0.1) is 0 Å². The second-order valence-corrected chi connectivity index (χ2v) is 6.22. The van der Waals surface area contributed by atoms with Gasteiger partial charge in [0.25, 0.3) is 0 Å². The largest absolute Gasteiger partial charge is 0.462 e. The Morgan fingerprint density at radius 2 is 1.14 bits per heavy atom. The first-order valence-corrected chi connectivity index (χ1v) is 9.44. The summed E-state index contributed by atoms with van der Waals surface area (Å²) < 4.78 is 5.59. The summed E-state index contributed by atoms with van der Waals surface area (Å²) in [7, 11) is 0. The molecule has 0 rings (SSSR count). The van der Waals surface area contributed by atoms with Gasteiger partial charge in [-0.25, -0.2) is 0 Å². The molecule has 0 bridgehead atoms. The highest BCUT2D eigenvalue weighted by Crippen LogP contribution is 2.16. The fourth-order valence-electron chi connectivity index (χ4n) is 2.66. The van der Waals surface area contributed by atoms with E-state index in [4.69, 9.17) is 4.74 Å². The van der Waals surface area contributed by atoms with Gasteiger partial charge in [0, 0.05) is 6.42 Å². The molecule has 0 aromatic rings. The van der Waals surface area contributed by atoms with Crippen LogP contribution in [-0.4, -0.2) is 12.1 Å². The number of rotatable bonds is 15. The summed E-state index contributed by atoms with van der Waals surface area (Å²) in [6, 6.07) is 0. The Balaban J connectivity index is 3.74. The molecule has 0 radical (unpaired) electrons. The van der Waals surface area contributed by atoms with Crippen molar-refractivity contribution in [3.8, 4) is 0 Å². The van der Waals surface area contributed by atoms with Gasteiger partial charge in [-0.05, 0) is 25.7 Å². The summed E-state index contributed by atoms with van der Waals surface area (Å²) in [4.78, 5) is 11.5. The third-order valence-corrected chi connectivity index (χ3v) is 4.10. The second-order valence-electron chi connectivity index (χ2n) is 6.22. The number of carbonyl (C=O) groups excluding carboxylic acids is 1. The minimum absolute atomic E-state index is 0.0292.